The van der Waals surface area contributed by atoms with Crippen molar-refractivity contribution in [2.45, 2.75) is 25.8 Å². The van der Waals surface area contributed by atoms with E-state index in [1.807, 2.05) is 6.07 Å². The van der Waals surface area contributed by atoms with Gasteiger partial charge in [-0.3, -0.25) is 9.59 Å². The van der Waals surface area contributed by atoms with Crippen LogP contribution in [0.25, 0.3) is 0 Å². The summed E-state index contributed by atoms with van der Waals surface area (Å²) >= 11 is 5.91. The van der Waals surface area contributed by atoms with Gasteiger partial charge in [0, 0.05) is 36.8 Å². The molecule has 1 N–H and O–H groups in total. The molecule has 0 aromatic heterocycles. The van der Waals surface area contributed by atoms with Crippen LogP contribution >= 0.6 is 11.6 Å². The number of piperidine rings is 1. The highest BCUT2D eigenvalue weighted by molar-refractivity contribution is 6.30. The predicted molar refractivity (Wildman–Crippen MR) is 120 cm³/mol. The van der Waals surface area contributed by atoms with Crippen molar-refractivity contribution in [2.75, 3.05) is 33.2 Å². The van der Waals surface area contributed by atoms with Crippen molar-refractivity contribution in [1.29, 1.82) is 0 Å². The third kappa shape index (κ3) is 6.57. The van der Waals surface area contributed by atoms with Crippen molar-refractivity contribution < 1.29 is 9.59 Å². The van der Waals surface area contributed by atoms with Gasteiger partial charge in [0.05, 0.1) is 5.92 Å². The second-order valence-electron chi connectivity index (χ2n) is 7.97. The monoisotopic (exact) mass is 427 g/mol. The Bertz CT molecular complexity index is 826. The molecule has 1 aliphatic heterocycles. The number of halogens is 1. The molecule has 2 aromatic carbocycles. The van der Waals surface area contributed by atoms with E-state index < -0.39 is 0 Å². The van der Waals surface area contributed by atoms with Crippen LogP contribution in [-0.2, 0) is 11.3 Å². The highest BCUT2D eigenvalue weighted by Crippen LogP contribution is 2.20. The molecule has 2 aromatic rings. The normalized spacial score (nSPS) is 16.5. The largest absolute Gasteiger partial charge is 0.356 e. The van der Waals surface area contributed by atoms with Gasteiger partial charge in [0.1, 0.15) is 0 Å². The number of hydrogen-bond donors (Lipinski definition) is 1. The van der Waals surface area contributed by atoms with E-state index in [-0.39, 0.29) is 17.7 Å². The summed E-state index contributed by atoms with van der Waals surface area (Å²) in [5.41, 5.74) is 1.90. The summed E-state index contributed by atoms with van der Waals surface area (Å²) in [6.07, 6.45) is 2.57. The Hall–Kier alpha value is -2.37. The van der Waals surface area contributed by atoms with Crippen LogP contribution in [0.3, 0.4) is 0 Å². The minimum absolute atomic E-state index is 0.0355. The van der Waals surface area contributed by atoms with Crippen LogP contribution in [-0.4, -0.2) is 54.8 Å². The minimum atomic E-state index is -0.142. The van der Waals surface area contributed by atoms with Gasteiger partial charge in [0.2, 0.25) is 5.91 Å². The van der Waals surface area contributed by atoms with Gasteiger partial charge in [0.25, 0.3) is 5.91 Å². The molecule has 30 heavy (non-hydrogen) atoms. The van der Waals surface area contributed by atoms with Gasteiger partial charge in [0.15, 0.2) is 0 Å². The quantitative estimate of drug-likeness (QED) is 0.651. The maximum atomic E-state index is 12.7. The van der Waals surface area contributed by atoms with E-state index in [0.717, 1.165) is 32.4 Å². The molecule has 1 saturated heterocycles. The first kappa shape index (κ1) is 22.3. The van der Waals surface area contributed by atoms with Crippen molar-refractivity contribution in [3.8, 4) is 0 Å². The number of nitrogens with one attached hydrogen (secondary N) is 1. The number of hydrogen-bond acceptors (Lipinski definition) is 3. The molecule has 1 atom stereocenters. The fraction of sp³-hybridized carbons (Fsp3) is 0.417. The van der Waals surface area contributed by atoms with E-state index in [1.165, 1.54) is 5.56 Å². The topological polar surface area (TPSA) is 52.7 Å². The van der Waals surface area contributed by atoms with Gasteiger partial charge in [-0.05, 0) is 62.7 Å². The molecule has 0 saturated carbocycles. The zero-order chi connectivity index (χ0) is 21.3. The summed E-state index contributed by atoms with van der Waals surface area (Å²) in [5, 5.41) is 3.67. The van der Waals surface area contributed by atoms with Crippen molar-refractivity contribution >= 4 is 23.4 Å². The van der Waals surface area contributed by atoms with Crippen LogP contribution in [0, 0.1) is 5.92 Å². The lowest BCUT2D eigenvalue weighted by Crippen LogP contribution is -2.45. The number of carbonyl (C=O) groups is 2. The fourth-order valence-corrected chi connectivity index (χ4v) is 3.96. The Morgan fingerprint density at radius 3 is 2.60 bits per heavy atom. The lowest BCUT2D eigenvalue weighted by molar-refractivity contribution is -0.126. The van der Waals surface area contributed by atoms with Crippen LogP contribution < -0.4 is 5.32 Å². The highest BCUT2D eigenvalue weighted by atomic mass is 35.5. The number of nitrogens with zero attached hydrogens (tertiary/aromatic N) is 2. The number of benzene rings is 2. The molecule has 1 aliphatic rings. The molecule has 2 amide bonds. The molecule has 0 bridgehead atoms. The molecule has 0 aliphatic carbocycles. The lowest BCUT2D eigenvalue weighted by Gasteiger charge is -2.32. The zero-order valence-corrected chi connectivity index (χ0v) is 18.3. The van der Waals surface area contributed by atoms with Gasteiger partial charge >= 0.3 is 0 Å². The Morgan fingerprint density at radius 1 is 1.13 bits per heavy atom. The van der Waals surface area contributed by atoms with E-state index in [9.17, 15) is 9.59 Å². The van der Waals surface area contributed by atoms with Crippen LogP contribution in [0.1, 0.15) is 35.2 Å². The van der Waals surface area contributed by atoms with Gasteiger partial charge in [-0.25, -0.2) is 0 Å². The highest BCUT2D eigenvalue weighted by Gasteiger charge is 2.28. The minimum Gasteiger partial charge on any atom is -0.356 e. The zero-order valence-electron chi connectivity index (χ0n) is 17.5. The second kappa shape index (κ2) is 11.1. The van der Waals surface area contributed by atoms with Crippen LogP contribution in [0.5, 0.6) is 0 Å². The first-order valence-electron chi connectivity index (χ1n) is 10.6. The molecule has 0 unspecified atom stereocenters. The van der Waals surface area contributed by atoms with Crippen LogP contribution in [0.15, 0.2) is 54.6 Å². The SMILES string of the molecule is CN(CCCNC(=O)[C@H]1CCCN(C(=O)c2ccc(Cl)cc2)C1)Cc1ccccc1. The Morgan fingerprint density at radius 2 is 1.87 bits per heavy atom. The van der Waals surface area contributed by atoms with Gasteiger partial charge in [-0.1, -0.05) is 41.9 Å². The summed E-state index contributed by atoms with van der Waals surface area (Å²) in [4.78, 5) is 29.4. The number of carbonyl (C=O) groups excluding carboxylic acids is 2. The standard InChI is InChI=1S/C24H30ClN3O2/c1-27(17-19-7-3-2-4-8-19)15-6-14-26-23(29)21-9-5-16-28(18-21)24(30)20-10-12-22(25)13-11-20/h2-4,7-8,10-13,21H,5-6,9,14-18H2,1H3,(H,26,29)/t21-/m0/s1. The average molecular weight is 428 g/mol. The third-order valence-corrected chi connectivity index (χ3v) is 5.73. The summed E-state index contributed by atoms with van der Waals surface area (Å²) in [7, 11) is 2.09. The fourth-order valence-electron chi connectivity index (χ4n) is 3.83. The van der Waals surface area contributed by atoms with Gasteiger partial charge in [-0.2, -0.15) is 0 Å². The second-order valence-corrected chi connectivity index (χ2v) is 8.40. The molecule has 0 radical (unpaired) electrons. The van der Waals surface area contributed by atoms with Crippen molar-refractivity contribution in [3.63, 3.8) is 0 Å². The molecule has 6 heteroatoms. The first-order valence-corrected chi connectivity index (χ1v) is 11.0. The van der Waals surface area contributed by atoms with Gasteiger partial charge in [-0.15, -0.1) is 0 Å². The number of rotatable bonds is 8. The van der Waals surface area contributed by atoms with Crippen molar-refractivity contribution in [3.05, 3.63) is 70.7 Å². The smallest absolute Gasteiger partial charge is 0.253 e. The van der Waals surface area contributed by atoms with E-state index in [1.54, 1.807) is 29.2 Å². The summed E-state index contributed by atoms with van der Waals surface area (Å²) in [6.45, 7) is 3.64. The van der Waals surface area contributed by atoms with E-state index >= 15 is 0 Å². The molecule has 5 nitrogen and oxygen atoms in total. The van der Waals surface area contributed by atoms with E-state index in [4.69, 9.17) is 11.6 Å². The Labute approximate surface area is 184 Å². The number of amides is 2. The molecule has 0 spiro atoms. The summed E-state index contributed by atoms with van der Waals surface area (Å²) in [6, 6.07) is 17.3. The third-order valence-electron chi connectivity index (χ3n) is 5.48. The average Bonchev–Trinajstić information content (AvgIpc) is 2.77. The van der Waals surface area contributed by atoms with Crippen molar-refractivity contribution in [1.82, 2.24) is 15.1 Å². The molecular weight excluding hydrogens is 398 g/mol. The van der Waals surface area contributed by atoms with E-state index in [0.29, 0.717) is 30.2 Å². The maximum absolute atomic E-state index is 12.7. The number of likely N-dealkylation sites (tertiary alicyclic amines) is 1. The first-order chi connectivity index (χ1) is 14.5. The lowest BCUT2D eigenvalue weighted by atomic mass is 9.96. The van der Waals surface area contributed by atoms with E-state index in [2.05, 4.69) is 41.5 Å². The molecule has 1 fully saturated rings. The maximum Gasteiger partial charge on any atom is 0.253 e. The van der Waals surface area contributed by atoms with Gasteiger partial charge < -0.3 is 15.1 Å². The van der Waals surface area contributed by atoms with Crippen LogP contribution in [0.2, 0.25) is 5.02 Å². The molecule has 160 valence electrons. The Balaban J connectivity index is 1.39. The van der Waals surface area contributed by atoms with Crippen molar-refractivity contribution in [2.24, 2.45) is 5.92 Å². The predicted octanol–water partition coefficient (Wildman–Crippen LogP) is 3.83. The summed E-state index contributed by atoms with van der Waals surface area (Å²) in [5.74, 6) is -0.127. The molecule has 3 rings (SSSR count). The van der Waals surface area contributed by atoms with Crippen LogP contribution in [0.4, 0.5) is 0 Å². The summed E-state index contributed by atoms with van der Waals surface area (Å²) < 4.78 is 0. The molecular formula is C24H30ClN3O2. The Kier molecular flexibility index (Phi) is 8.29. The molecule has 1 heterocycles.